The van der Waals surface area contributed by atoms with Gasteiger partial charge in [0.15, 0.2) is 0 Å². The fourth-order valence-electron chi connectivity index (χ4n) is 2.94. The Morgan fingerprint density at radius 1 is 1.33 bits per heavy atom. The second-order valence-corrected chi connectivity index (χ2v) is 6.99. The van der Waals surface area contributed by atoms with Gasteiger partial charge in [-0.2, -0.15) is 0 Å². The van der Waals surface area contributed by atoms with E-state index < -0.39 is 0 Å². The van der Waals surface area contributed by atoms with Crippen molar-refractivity contribution in [1.29, 1.82) is 0 Å². The van der Waals surface area contributed by atoms with Crippen molar-refractivity contribution in [2.75, 3.05) is 13.4 Å². The van der Waals surface area contributed by atoms with Gasteiger partial charge in [-0.05, 0) is 31.2 Å². The fraction of sp³-hybridized carbons (Fsp3) is 0.500. The van der Waals surface area contributed by atoms with Crippen molar-refractivity contribution in [1.82, 2.24) is 0 Å². The Balaban J connectivity index is 2.13. The second-order valence-electron chi connectivity index (χ2n) is 6.11. The average molecular weight is 303 g/mol. The Bertz CT molecular complexity index is 519. The zero-order valence-electron chi connectivity index (χ0n) is 13.4. The van der Waals surface area contributed by atoms with Gasteiger partial charge in [0.2, 0.25) is 0 Å². The number of para-hydroxylation sites is 1. The number of rotatable bonds is 4. The van der Waals surface area contributed by atoms with Crippen LogP contribution in [0.1, 0.15) is 33.1 Å². The lowest BCUT2D eigenvalue weighted by atomic mass is 9.76. The van der Waals surface area contributed by atoms with Gasteiger partial charge in [0.25, 0.3) is 0 Å². The molecule has 0 N–H and O–H groups in total. The van der Waals surface area contributed by atoms with Gasteiger partial charge < -0.3 is 4.74 Å². The highest BCUT2D eigenvalue weighted by Crippen LogP contribution is 2.37. The maximum Gasteiger partial charge on any atom is 0.0776 e. The molecule has 21 heavy (non-hydrogen) atoms. The molecule has 0 heterocycles. The van der Waals surface area contributed by atoms with Gasteiger partial charge >= 0.3 is 0 Å². The maximum atomic E-state index is 5.60. The van der Waals surface area contributed by atoms with Crippen molar-refractivity contribution < 1.29 is 4.74 Å². The molecule has 1 atom stereocenters. The van der Waals surface area contributed by atoms with Gasteiger partial charge in [0.1, 0.15) is 0 Å². The SMILES string of the molecule is COC1CCC(CC(=Nc2ccccc2)SC)=CC1(C)C. The minimum Gasteiger partial charge on any atom is -0.381 e. The van der Waals surface area contributed by atoms with E-state index in [1.54, 1.807) is 11.8 Å². The molecule has 3 heteroatoms. The summed E-state index contributed by atoms with van der Waals surface area (Å²) in [4.78, 5) is 4.77. The van der Waals surface area contributed by atoms with E-state index in [1.807, 2.05) is 25.3 Å². The van der Waals surface area contributed by atoms with Crippen LogP contribution in [0, 0.1) is 5.41 Å². The molecular weight excluding hydrogens is 278 g/mol. The molecule has 0 bridgehead atoms. The number of hydrogen-bond donors (Lipinski definition) is 0. The van der Waals surface area contributed by atoms with Crippen LogP contribution < -0.4 is 0 Å². The van der Waals surface area contributed by atoms with Gasteiger partial charge in [0, 0.05) is 18.9 Å². The summed E-state index contributed by atoms with van der Waals surface area (Å²) in [5, 5.41) is 1.18. The number of ether oxygens (including phenoxy) is 1. The van der Waals surface area contributed by atoms with Crippen LogP contribution >= 0.6 is 11.8 Å². The van der Waals surface area contributed by atoms with E-state index >= 15 is 0 Å². The lowest BCUT2D eigenvalue weighted by molar-refractivity contribution is 0.0193. The smallest absolute Gasteiger partial charge is 0.0776 e. The highest BCUT2D eigenvalue weighted by Gasteiger charge is 2.31. The highest BCUT2D eigenvalue weighted by atomic mass is 32.2. The average Bonchev–Trinajstić information content (AvgIpc) is 2.47. The zero-order valence-corrected chi connectivity index (χ0v) is 14.2. The molecule has 0 saturated carbocycles. The normalized spacial score (nSPS) is 22.0. The molecule has 0 spiro atoms. The second kappa shape index (κ2) is 7.28. The fourth-order valence-corrected chi connectivity index (χ4v) is 3.47. The van der Waals surface area contributed by atoms with Gasteiger partial charge in [-0.3, -0.25) is 0 Å². The van der Waals surface area contributed by atoms with E-state index in [2.05, 4.69) is 38.3 Å². The molecule has 0 amide bonds. The molecule has 0 fully saturated rings. The topological polar surface area (TPSA) is 21.6 Å². The lowest BCUT2D eigenvalue weighted by Gasteiger charge is -2.35. The van der Waals surface area contributed by atoms with Gasteiger partial charge in [-0.25, -0.2) is 4.99 Å². The first-order valence-electron chi connectivity index (χ1n) is 7.45. The van der Waals surface area contributed by atoms with Gasteiger partial charge in [-0.1, -0.05) is 43.7 Å². The molecule has 0 aliphatic heterocycles. The summed E-state index contributed by atoms with van der Waals surface area (Å²) in [7, 11) is 1.81. The van der Waals surface area contributed by atoms with E-state index in [1.165, 1.54) is 10.6 Å². The summed E-state index contributed by atoms with van der Waals surface area (Å²) in [6.07, 6.45) is 7.98. The molecule has 1 unspecified atom stereocenters. The number of methoxy groups -OCH3 is 1. The van der Waals surface area contributed by atoms with Crippen LogP contribution in [-0.4, -0.2) is 24.5 Å². The summed E-state index contributed by atoms with van der Waals surface area (Å²) in [5.74, 6) is 0. The summed E-state index contributed by atoms with van der Waals surface area (Å²) in [6, 6.07) is 10.2. The number of allylic oxidation sites excluding steroid dienone is 1. The predicted octanol–water partition coefficient (Wildman–Crippen LogP) is 5.23. The van der Waals surface area contributed by atoms with E-state index in [0.29, 0.717) is 6.10 Å². The van der Waals surface area contributed by atoms with Crippen LogP contribution in [0.15, 0.2) is 47.0 Å². The van der Waals surface area contributed by atoms with E-state index in [-0.39, 0.29) is 5.41 Å². The molecular formula is C18H25NOS. The number of hydrogen-bond acceptors (Lipinski definition) is 3. The monoisotopic (exact) mass is 303 g/mol. The molecule has 2 nitrogen and oxygen atoms in total. The molecule has 0 aromatic heterocycles. The highest BCUT2D eigenvalue weighted by molar-refractivity contribution is 8.13. The molecule has 0 radical (unpaired) electrons. The third kappa shape index (κ3) is 4.45. The third-order valence-corrected chi connectivity index (χ3v) is 4.75. The Morgan fingerprint density at radius 3 is 2.62 bits per heavy atom. The third-order valence-electron chi connectivity index (χ3n) is 4.04. The van der Waals surface area contributed by atoms with E-state index in [0.717, 1.165) is 24.9 Å². The quantitative estimate of drug-likeness (QED) is 0.431. The van der Waals surface area contributed by atoms with Crippen molar-refractivity contribution in [2.24, 2.45) is 10.4 Å². The van der Waals surface area contributed by atoms with Crippen molar-refractivity contribution in [3.8, 4) is 0 Å². The van der Waals surface area contributed by atoms with E-state index in [4.69, 9.17) is 9.73 Å². The largest absolute Gasteiger partial charge is 0.381 e. The minimum atomic E-state index is 0.110. The first kappa shape index (κ1) is 16.3. The summed E-state index contributed by atoms with van der Waals surface area (Å²) in [5.41, 5.74) is 2.63. The number of benzene rings is 1. The van der Waals surface area contributed by atoms with Crippen molar-refractivity contribution in [3.05, 3.63) is 42.0 Å². The number of thioether (sulfide) groups is 1. The Morgan fingerprint density at radius 2 is 2.05 bits per heavy atom. The van der Waals surface area contributed by atoms with Crippen LogP contribution in [0.5, 0.6) is 0 Å². The minimum absolute atomic E-state index is 0.110. The van der Waals surface area contributed by atoms with Crippen LogP contribution in [-0.2, 0) is 4.74 Å². The maximum absolute atomic E-state index is 5.60. The summed E-state index contributed by atoms with van der Waals surface area (Å²) in [6.45, 7) is 4.51. The molecule has 114 valence electrons. The van der Waals surface area contributed by atoms with Gasteiger partial charge in [0.05, 0.1) is 16.8 Å². The number of nitrogens with zero attached hydrogens (tertiary/aromatic N) is 1. The predicted molar refractivity (Wildman–Crippen MR) is 93.6 cm³/mol. The van der Waals surface area contributed by atoms with Crippen molar-refractivity contribution >= 4 is 22.5 Å². The van der Waals surface area contributed by atoms with Gasteiger partial charge in [-0.15, -0.1) is 11.8 Å². The summed E-state index contributed by atoms with van der Waals surface area (Å²) < 4.78 is 5.60. The van der Waals surface area contributed by atoms with Crippen LogP contribution in [0.25, 0.3) is 0 Å². The van der Waals surface area contributed by atoms with Crippen LogP contribution in [0.3, 0.4) is 0 Å². The van der Waals surface area contributed by atoms with Crippen molar-refractivity contribution in [3.63, 3.8) is 0 Å². The molecule has 1 aliphatic carbocycles. The van der Waals surface area contributed by atoms with Crippen LogP contribution in [0.4, 0.5) is 5.69 Å². The Kier molecular flexibility index (Phi) is 5.65. The molecule has 0 saturated heterocycles. The first-order valence-corrected chi connectivity index (χ1v) is 8.67. The standard InChI is InChI=1S/C18H25NOS/c1-18(2)13-14(10-11-16(18)20-3)12-17(21-4)19-15-8-6-5-7-9-15/h5-9,13,16H,10-12H2,1-4H3. The first-order chi connectivity index (χ1) is 10.0. The van der Waals surface area contributed by atoms with Crippen LogP contribution in [0.2, 0.25) is 0 Å². The molecule has 1 aliphatic rings. The molecule has 2 rings (SSSR count). The molecule has 1 aromatic rings. The Hall–Kier alpha value is -1.06. The summed E-state index contributed by atoms with van der Waals surface area (Å²) >= 11 is 1.74. The molecule has 1 aromatic carbocycles. The lowest BCUT2D eigenvalue weighted by Crippen LogP contribution is -2.32. The van der Waals surface area contributed by atoms with E-state index in [9.17, 15) is 0 Å². The van der Waals surface area contributed by atoms with Crippen molar-refractivity contribution in [2.45, 2.75) is 39.2 Å². The zero-order chi connectivity index (χ0) is 15.3. The number of aliphatic imine (C=N–C) groups is 1. The Labute approximate surface area is 132 Å².